The van der Waals surface area contributed by atoms with Crippen molar-refractivity contribution in [2.45, 2.75) is 19.4 Å². The second-order valence-electron chi connectivity index (χ2n) is 5.23. The summed E-state index contributed by atoms with van der Waals surface area (Å²) < 4.78 is 10.6. The van der Waals surface area contributed by atoms with Crippen molar-refractivity contribution >= 4 is 24.0 Å². The van der Waals surface area contributed by atoms with Crippen molar-refractivity contribution < 1.29 is 9.47 Å². The highest BCUT2D eigenvalue weighted by Crippen LogP contribution is 2.38. The molecule has 0 bridgehead atoms. The molecular weight excluding hydrogens is 311 g/mol. The molecule has 0 atom stereocenters. The summed E-state index contributed by atoms with van der Waals surface area (Å²) in [7, 11) is 3.23. The topological polar surface area (TPSA) is 47.7 Å². The highest BCUT2D eigenvalue weighted by atomic mass is 35.5. The second-order valence-corrected chi connectivity index (χ2v) is 5.61. The van der Waals surface area contributed by atoms with E-state index in [1.165, 1.54) is 12.8 Å². The quantitative estimate of drug-likeness (QED) is 0.899. The molecule has 0 spiro atoms. The summed E-state index contributed by atoms with van der Waals surface area (Å²) in [6, 6.07) is 3.92. The Hall–Kier alpha value is -0.680. The molecule has 6 heteroatoms. The molecule has 1 saturated heterocycles. The van der Waals surface area contributed by atoms with E-state index in [1.807, 2.05) is 12.1 Å². The van der Waals surface area contributed by atoms with Crippen molar-refractivity contribution in [2.75, 3.05) is 33.9 Å². The molecule has 1 heterocycles. The van der Waals surface area contributed by atoms with Gasteiger partial charge in [-0.15, -0.1) is 12.4 Å². The van der Waals surface area contributed by atoms with Gasteiger partial charge >= 0.3 is 0 Å². The van der Waals surface area contributed by atoms with Gasteiger partial charge in [0.15, 0.2) is 11.5 Å². The summed E-state index contributed by atoms with van der Waals surface area (Å²) in [5, 5.41) is 0.646. The fourth-order valence-corrected chi connectivity index (χ4v) is 2.97. The first-order valence-corrected chi connectivity index (χ1v) is 7.39. The first kappa shape index (κ1) is 18.4. The van der Waals surface area contributed by atoms with E-state index in [1.54, 1.807) is 14.2 Å². The smallest absolute Gasteiger partial charge is 0.179 e. The third-order valence-corrected chi connectivity index (χ3v) is 4.41. The standard InChI is InChI=1S/C15H23ClN2O2.ClH/c1-19-13-4-3-12(14(16)15(13)20-2)10-18-7-5-11(9-17)6-8-18;/h3-4,11H,5-10,17H2,1-2H3;1H. The predicted molar refractivity (Wildman–Crippen MR) is 88.9 cm³/mol. The zero-order valence-corrected chi connectivity index (χ0v) is 14.2. The molecule has 21 heavy (non-hydrogen) atoms. The molecule has 1 aromatic rings. The lowest BCUT2D eigenvalue weighted by molar-refractivity contribution is 0.180. The summed E-state index contributed by atoms with van der Waals surface area (Å²) in [6.45, 7) is 3.79. The fourth-order valence-electron chi connectivity index (χ4n) is 2.67. The number of ether oxygens (including phenoxy) is 2. The number of likely N-dealkylation sites (tertiary alicyclic amines) is 1. The molecule has 0 amide bonds. The maximum Gasteiger partial charge on any atom is 0.179 e. The van der Waals surface area contributed by atoms with E-state index in [9.17, 15) is 0 Å². The first-order valence-electron chi connectivity index (χ1n) is 7.01. The Labute approximate surface area is 137 Å². The van der Waals surface area contributed by atoms with E-state index in [4.69, 9.17) is 26.8 Å². The lowest BCUT2D eigenvalue weighted by atomic mass is 9.97. The van der Waals surface area contributed by atoms with Gasteiger partial charge in [-0.2, -0.15) is 0 Å². The van der Waals surface area contributed by atoms with Crippen LogP contribution < -0.4 is 15.2 Å². The molecule has 0 aromatic heterocycles. The van der Waals surface area contributed by atoms with E-state index in [0.717, 1.165) is 31.7 Å². The Bertz CT molecular complexity index is 450. The number of halogens is 2. The minimum absolute atomic E-state index is 0. The molecule has 2 rings (SSSR count). The van der Waals surface area contributed by atoms with Gasteiger partial charge in [-0.25, -0.2) is 0 Å². The van der Waals surface area contributed by atoms with Crippen LogP contribution in [0, 0.1) is 5.92 Å². The van der Waals surface area contributed by atoms with Gasteiger partial charge in [-0.1, -0.05) is 17.7 Å². The van der Waals surface area contributed by atoms with E-state index in [2.05, 4.69) is 4.90 Å². The number of piperidine rings is 1. The minimum Gasteiger partial charge on any atom is -0.493 e. The van der Waals surface area contributed by atoms with Gasteiger partial charge in [0.05, 0.1) is 19.2 Å². The Morgan fingerprint density at radius 2 is 1.90 bits per heavy atom. The number of benzene rings is 1. The van der Waals surface area contributed by atoms with Crippen molar-refractivity contribution in [1.82, 2.24) is 4.90 Å². The fraction of sp³-hybridized carbons (Fsp3) is 0.600. The van der Waals surface area contributed by atoms with Gasteiger partial charge in [0.25, 0.3) is 0 Å². The largest absolute Gasteiger partial charge is 0.493 e. The highest BCUT2D eigenvalue weighted by Gasteiger charge is 2.20. The van der Waals surface area contributed by atoms with Crippen molar-refractivity contribution in [1.29, 1.82) is 0 Å². The van der Waals surface area contributed by atoms with Crippen LogP contribution in [-0.2, 0) is 6.54 Å². The van der Waals surface area contributed by atoms with Crippen LogP contribution in [0.1, 0.15) is 18.4 Å². The van der Waals surface area contributed by atoms with Crippen molar-refractivity contribution in [2.24, 2.45) is 11.7 Å². The molecule has 1 aliphatic heterocycles. The summed E-state index contributed by atoms with van der Waals surface area (Å²) >= 11 is 6.42. The van der Waals surface area contributed by atoms with Gasteiger partial charge in [-0.3, -0.25) is 4.90 Å². The van der Waals surface area contributed by atoms with Crippen LogP contribution in [0.3, 0.4) is 0 Å². The molecule has 0 saturated carbocycles. The van der Waals surface area contributed by atoms with E-state index in [-0.39, 0.29) is 12.4 Å². The third kappa shape index (κ3) is 4.39. The summed E-state index contributed by atoms with van der Waals surface area (Å²) in [6.07, 6.45) is 2.34. The van der Waals surface area contributed by atoms with Gasteiger partial charge in [0.2, 0.25) is 0 Å². The van der Waals surface area contributed by atoms with Crippen LogP contribution in [-0.4, -0.2) is 38.8 Å². The number of hydrogen-bond donors (Lipinski definition) is 1. The summed E-state index contributed by atoms with van der Waals surface area (Å²) in [5.74, 6) is 1.96. The zero-order valence-electron chi connectivity index (χ0n) is 12.6. The molecule has 0 radical (unpaired) electrons. The average Bonchev–Trinajstić information content (AvgIpc) is 2.49. The van der Waals surface area contributed by atoms with Crippen LogP contribution in [0.5, 0.6) is 11.5 Å². The Morgan fingerprint density at radius 1 is 1.24 bits per heavy atom. The van der Waals surface area contributed by atoms with Crippen LogP contribution in [0.2, 0.25) is 5.02 Å². The van der Waals surface area contributed by atoms with Crippen LogP contribution in [0.4, 0.5) is 0 Å². The Morgan fingerprint density at radius 3 is 2.43 bits per heavy atom. The first-order chi connectivity index (χ1) is 9.69. The molecule has 0 unspecified atom stereocenters. The number of rotatable bonds is 5. The lowest BCUT2D eigenvalue weighted by Crippen LogP contribution is -2.35. The highest BCUT2D eigenvalue weighted by molar-refractivity contribution is 6.33. The summed E-state index contributed by atoms with van der Waals surface area (Å²) in [4.78, 5) is 2.42. The monoisotopic (exact) mass is 334 g/mol. The minimum atomic E-state index is 0. The lowest BCUT2D eigenvalue weighted by Gasteiger charge is -2.31. The van der Waals surface area contributed by atoms with Crippen LogP contribution in [0.15, 0.2) is 12.1 Å². The maximum absolute atomic E-state index is 6.42. The molecule has 0 aliphatic carbocycles. The molecule has 1 aliphatic rings. The average molecular weight is 335 g/mol. The third-order valence-electron chi connectivity index (χ3n) is 4.00. The maximum atomic E-state index is 6.42. The van der Waals surface area contributed by atoms with Crippen LogP contribution in [0.25, 0.3) is 0 Å². The van der Waals surface area contributed by atoms with E-state index < -0.39 is 0 Å². The molecule has 4 nitrogen and oxygen atoms in total. The van der Waals surface area contributed by atoms with E-state index in [0.29, 0.717) is 22.4 Å². The second kappa shape index (κ2) is 8.69. The zero-order chi connectivity index (χ0) is 14.5. The predicted octanol–water partition coefficient (Wildman–Crippen LogP) is 2.95. The van der Waals surface area contributed by atoms with Crippen LogP contribution >= 0.6 is 24.0 Å². The van der Waals surface area contributed by atoms with Gasteiger partial charge in [-0.05, 0) is 50.0 Å². The van der Waals surface area contributed by atoms with E-state index >= 15 is 0 Å². The SMILES string of the molecule is COc1ccc(CN2CCC(CN)CC2)c(Cl)c1OC.Cl. The Balaban J connectivity index is 0.00000220. The number of nitrogens with zero attached hydrogens (tertiary/aromatic N) is 1. The molecule has 1 fully saturated rings. The number of nitrogens with two attached hydrogens (primary N) is 1. The molecule has 1 aromatic carbocycles. The number of hydrogen-bond acceptors (Lipinski definition) is 4. The Kier molecular flexibility index (Phi) is 7.60. The van der Waals surface area contributed by atoms with Crippen molar-refractivity contribution in [3.05, 3.63) is 22.7 Å². The number of methoxy groups -OCH3 is 2. The molecule has 120 valence electrons. The van der Waals surface area contributed by atoms with Gasteiger partial charge in [0.1, 0.15) is 0 Å². The van der Waals surface area contributed by atoms with Crippen molar-refractivity contribution in [3.63, 3.8) is 0 Å². The van der Waals surface area contributed by atoms with Crippen molar-refractivity contribution in [3.8, 4) is 11.5 Å². The molecular formula is C15H24Cl2N2O2. The molecule has 2 N–H and O–H groups in total. The normalized spacial score (nSPS) is 16.4. The van der Waals surface area contributed by atoms with Gasteiger partial charge in [0, 0.05) is 6.54 Å². The summed E-state index contributed by atoms with van der Waals surface area (Å²) in [5.41, 5.74) is 6.80. The van der Waals surface area contributed by atoms with Gasteiger partial charge < -0.3 is 15.2 Å².